The average Bonchev–Trinajstić information content (AvgIpc) is 3.14. The van der Waals surface area contributed by atoms with Crippen molar-refractivity contribution in [1.29, 1.82) is 0 Å². The van der Waals surface area contributed by atoms with Crippen LogP contribution in [-0.4, -0.2) is 20.9 Å². The summed E-state index contributed by atoms with van der Waals surface area (Å²) < 4.78 is 13.2. The Balaban J connectivity index is 1.80. The highest BCUT2D eigenvalue weighted by molar-refractivity contribution is 5.77. The van der Waals surface area contributed by atoms with Gasteiger partial charge in [0.15, 0.2) is 0 Å². The number of rotatable bonds is 7. The first-order valence-electron chi connectivity index (χ1n) is 11.4. The van der Waals surface area contributed by atoms with Crippen LogP contribution in [-0.2, 0) is 17.6 Å². The highest BCUT2D eigenvalue weighted by Crippen LogP contribution is 2.25. The van der Waals surface area contributed by atoms with Crippen LogP contribution in [0.15, 0.2) is 48.8 Å². The number of halogens is 1. The van der Waals surface area contributed by atoms with E-state index in [1.807, 2.05) is 30.5 Å². The van der Waals surface area contributed by atoms with Crippen molar-refractivity contribution in [3.63, 3.8) is 0 Å². The Morgan fingerprint density at radius 1 is 1.03 bits per heavy atom. The van der Waals surface area contributed by atoms with Gasteiger partial charge in [0.1, 0.15) is 11.6 Å². The number of hydrogen-bond acceptors (Lipinski definition) is 3. The van der Waals surface area contributed by atoms with Crippen molar-refractivity contribution >= 4 is 5.91 Å². The number of aromatic amines is 1. The molecule has 0 saturated heterocycles. The molecule has 0 aliphatic rings. The Morgan fingerprint density at radius 3 is 2.30 bits per heavy atom. The molecule has 0 bridgehead atoms. The number of pyridine rings is 1. The summed E-state index contributed by atoms with van der Waals surface area (Å²) in [4.78, 5) is 25.0. The molecule has 0 fully saturated rings. The monoisotopic (exact) mass is 450 g/mol. The van der Waals surface area contributed by atoms with Crippen molar-refractivity contribution in [2.24, 2.45) is 10.8 Å². The maximum Gasteiger partial charge on any atom is 0.221 e. The second kappa shape index (κ2) is 9.86. The Morgan fingerprint density at radius 2 is 1.73 bits per heavy atom. The van der Waals surface area contributed by atoms with Crippen LogP contribution >= 0.6 is 0 Å². The number of carbonyl (C=O) groups is 1. The molecule has 3 rings (SSSR count). The number of H-pyrrole nitrogens is 1. The van der Waals surface area contributed by atoms with E-state index in [2.05, 4.69) is 56.8 Å². The summed E-state index contributed by atoms with van der Waals surface area (Å²) >= 11 is 0. The zero-order valence-corrected chi connectivity index (χ0v) is 20.5. The third kappa shape index (κ3) is 7.81. The number of aromatic nitrogens is 3. The van der Waals surface area contributed by atoms with Gasteiger partial charge in [-0.05, 0) is 41.4 Å². The van der Waals surface area contributed by atoms with Crippen molar-refractivity contribution in [3.8, 4) is 11.3 Å². The summed E-state index contributed by atoms with van der Waals surface area (Å²) in [5.74, 6) is 0.419. The summed E-state index contributed by atoms with van der Waals surface area (Å²) in [7, 11) is 0. The summed E-state index contributed by atoms with van der Waals surface area (Å²) in [6, 6.07) is 10.8. The molecular formula is C27H35FN4O. The topological polar surface area (TPSA) is 70.7 Å². The Kier molecular flexibility index (Phi) is 7.35. The van der Waals surface area contributed by atoms with E-state index in [1.54, 1.807) is 6.07 Å². The molecule has 3 aromatic rings. The summed E-state index contributed by atoms with van der Waals surface area (Å²) in [6.45, 7) is 12.7. The Bertz CT molecular complexity index is 1060. The van der Waals surface area contributed by atoms with Crippen molar-refractivity contribution in [1.82, 2.24) is 20.3 Å². The number of hydrogen-bond donors (Lipinski definition) is 2. The van der Waals surface area contributed by atoms with Crippen LogP contribution in [0.4, 0.5) is 4.39 Å². The van der Waals surface area contributed by atoms with Crippen molar-refractivity contribution < 1.29 is 9.18 Å². The summed E-state index contributed by atoms with van der Waals surface area (Å²) in [6.07, 6.45) is 5.05. The van der Waals surface area contributed by atoms with Gasteiger partial charge in [-0.15, -0.1) is 0 Å². The third-order valence-electron chi connectivity index (χ3n) is 5.14. The smallest absolute Gasteiger partial charge is 0.221 e. The van der Waals surface area contributed by atoms with Crippen LogP contribution in [0.2, 0.25) is 0 Å². The largest absolute Gasteiger partial charge is 0.347 e. The van der Waals surface area contributed by atoms with Gasteiger partial charge in [-0.3, -0.25) is 9.78 Å². The van der Waals surface area contributed by atoms with E-state index in [1.165, 1.54) is 12.3 Å². The zero-order valence-electron chi connectivity index (χ0n) is 20.5. The lowest BCUT2D eigenvalue weighted by molar-refractivity contribution is -0.123. The molecule has 176 valence electrons. The van der Waals surface area contributed by atoms with Gasteiger partial charge < -0.3 is 10.3 Å². The van der Waals surface area contributed by atoms with E-state index in [9.17, 15) is 9.18 Å². The lowest BCUT2D eigenvalue weighted by Crippen LogP contribution is -2.33. The van der Waals surface area contributed by atoms with Crippen molar-refractivity contribution in [3.05, 3.63) is 71.7 Å². The fourth-order valence-electron chi connectivity index (χ4n) is 3.73. The van der Waals surface area contributed by atoms with Crippen LogP contribution in [0.1, 0.15) is 71.1 Å². The SMILES string of the molecule is CC(C)(C)CC(=O)NC(Cc1ccc(-c2ccc(F)cn2)cc1)c1nc(CC(C)(C)C)c[nH]1. The summed E-state index contributed by atoms with van der Waals surface area (Å²) in [5.41, 5.74) is 3.72. The minimum Gasteiger partial charge on any atom is -0.347 e. The van der Waals surface area contributed by atoms with Gasteiger partial charge in [0, 0.05) is 18.2 Å². The minimum absolute atomic E-state index is 0.00778. The lowest BCUT2D eigenvalue weighted by atomic mass is 9.91. The summed E-state index contributed by atoms with van der Waals surface area (Å²) in [5, 5.41) is 3.18. The molecule has 1 amide bonds. The highest BCUT2D eigenvalue weighted by atomic mass is 19.1. The van der Waals surface area contributed by atoms with Crippen LogP contribution in [0, 0.1) is 16.6 Å². The lowest BCUT2D eigenvalue weighted by Gasteiger charge is -2.22. The first kappa shape index (κ1) is 24.6. The van der Waals surface area contributed by atoms with Crippen LogP contribution in [0.3, 0.4) is 0 Å². The van der Waals surface area contributed by atoms with Crippen LogP contribution < -0.4 is 5.32 Å². The molecule has 6 heteroatoms. The van der Waals surface area contributed by atoms with Gasteiger partial charge in [0.05, 0.1) is 23.6 Å². The van der Waals surface area contributed by atoms with E-state index in [4.69, 9.17) is 4.98 Å². The van der Waals surface area contributed by atoms with E-state index in [-0.39, 0.29) is 28.6 Å². The number of benzene rings is 1. The molecule has 0 spiro atoms. The fourth-order valence-corrected chi connectivity index (χ4v) is 3.73. The van der Waals surface area contributed by atoms with Gasteiger partial charge in [0.2, 0.25) is 5.91 Å². The van der Waals surface area contributed by atoms with Gasteiger partial charge in [-0.2, -0.15) is 0 Å². The van der Waals surface area contributed by atoms with Gasteiger partial charge in [-0.25, -0.2) is 9.37 Å². The van der Waals surface area contributed by atoms with Gasteiger partial charge in [0.25, 0.3) is 0 Å². The third-order valence-corrected chi connectivity index (χ3v) is 5.14. The maximum absolute atomic E-state index is 13.2. The van der Waals surface area contributed by atoms with E-state index >= 15 is 0 Å². The molecule has 2 N–H and O–H groups in total. The van der Waals surface area contributed by atoms with E-state index in [0.29, 0.717) is 12.8 Å². The molecule has 33 heavy (non-hydrogen) atoms. The number of nitrogens with one attached hydrogen (secondary N) is 2. The maximum atomic E-state index is 13.2. The Hall–Kier alpha value is -3.02. The van der Waals surface area contributed by atoms with Gasteiger partial charge >= 0.3 is 0 Å². The van der Waals surface area contributed by atoms with Gasteiger partial charge in [-0.1, -0.05) is 65.8 Å². The average molecular weight is 451 g/mol. The van der Waals surface area contributed by atoms with E-state index in [0.717, 1.165) is 34.8 Å². The quantitative estimate of drug-likeness (QED) is 0.461. The molecule has 2 aromatic heterocycles. The van der Waals surface area contributed by atoms with Crippen molar-refractivity contribution in [2.45, 2.75) is 66.8 Å². The predicted molar refractivity (Wildman–Crippen MR) is 130 cm³/mol. The molecule has 5 nitrogen and oxygen atoms in total. The Labute approximate surface area is 196 Å². The molecular weight excluding hydrogens is 415 g/mol. The second-order valence-corrected chi connectivity index (χ2v) is 11.1. The molecule has 0 aliphatic carbocycles. The number of carbonyl (C=O) groups excluding carboxylic acids is 1. The minimum atomic E-state index is -0.353. The molecule has 0 saturated carbocycles. The first-order valence-corrected chi connectivity index (χ1v) is 11.4. The standard InChI is InChI=1S/C27H35FN4O/c1-26(2,3)14-21-17-30-25(31-21)23(32-24(33)15-27(4,5)6)13-18-7-9-19(10-8-18)22-12-11-20(28)16-29-22/h7-12,16-17,23H,13-15H2,1-6H3,(H,30,31)(H,32,33). The first-order chi connectivity index (χ1) is 15.4. The fraction of sp³-hybridized carbons (Fsp3) is 0.444. The highest BCUT2D eigenvalue weighted by Gasteiger charge is 2.23. The van der Waals surface area contributed by atoms with Crippen LogP contribution in [0.25, 0.3) is 11.3 Å². The molecule has 1 unspecified atom stereocenters. The van der Waals surface area contributed by atoms with Crippen LogP contribution in [0.5, 0.6) is 0 Å². The predicted octanol–water partition coefficient (Wildman–Crippen LogP) is 6.04. The number of nitrogens with zero attached hydrogens (tertiary/aromatic N) is 2. The molecule has 1 atom stereocenters. The van der Waals surface area contributed by atoms with Crippen molar-refractivity contribution in [2.75, 3.05) is 0 Å². The molecule has 0 radical (unpaired) electrons. The molecule has 0 aliphatic heterocycles. The van der Waals surface area contributed by atoms with E-state index < -0.39 is 0 Å². The zero-order chi connectivity index (χ0) is 24.2. The normalized spacial score (nSPS) is 13.1. The number of imidazole rings is 1. The number of amides is 1. The molecule has 2 heterocycles. The molecule has 1 aromatic carbocycles. The second-order valence-electron chi connectivity index (χ2n) is 11.1.